The minimum absolute atomic E-state index is 0.145. The molecule has 0 saturated carbocycles. The molecular formula is C21H16FNO2S. The molecule has 1 amide bonds. The lowest BCUT2D eigenvalue weighted by Gasteiger charge is -2.27. The van der Waals surface area contributed by atoms with E-state index in [9.17, 15) is 14.0 Å². The van der Waals surface area contributed by atoms with E-state index in [-0.39, 0.29) is 11.7 Å². The molecule has 0 unspecified atom stereocenters. The Balaban J connectivity index is 1.64. The maximum atomic E-state index is 13.1. The van der Waals surface area contributed by atoms with E-state index in [1.165, 1.54) is 34.7 Å². The number of amides is 1. The Morgan fingerprint density at radius 1 is 0.962 bits per heavy atom. The first-order valence-corrected chi connectivity index (χ1v) is 9.25. The molecule has 4 rings (SSSR count). The Morgan fingerprint density at radius 2 is 1.69 bits per heavy atom. The highest BCUT2D eigenvalue weighted by atomic mass is 32.1. The van der Waals surface area contributed by atoms with Crippen molar-refractivity contribution < 1.29 is 14.0 Å². The molecule has 2 heterocycles. The first-order chi connectivity index (χ1) is 12.6. The smallest absolute Gasteiger partial charge is 0.254 e. The topological polar surface area (TPSA) is 37.4 Å². The number of fused-ring (bicyclic) bond motifs is 1. The Morgan fingerprint density at radius 3 is 2.46 bits per heavy atom. The van der Waals surface area contributed by atoms with Gasteiger partial charge in [0.15, 0.2) is 5.78 Å². The van der Waals surface area contributed by atoms with Crippen molar-refractivity contribution in [3.63, 3.8) is 0 Å². The van der Waals surface area contributed by atoms with Crippen molar-refractivity contribution in [2.45, 2.75) is 13.0 Å². The van der Waals surface area contributed by atoms with Crippen LogP contribution >= 0.6 is 11.3 Å². The van der Waals surface area contributed by atoms with Crippen LogP contribution in [0.1, 0.15) is 36.7 Å². The zero-order valence-electron chi connectivity index (χ0n) is 13.9. The number of halogens is 1. The van der Waals surface area contributed by atoms with Gasteiger partial charge in [-0.3, -0.25) is 9.59 Å². The van der Waals surface area contributed by atoms with Gasteiger partial charge < -0.3 is 4.90 Å². The molecule has 3 nitrogen and oxygen atoms in total. The summed E-state index contributed by atoms with van der Waals surface area (Å²) in [7, 11) is 0. The van der Waals surface area contributed by atoms with Gasteiger partial charge >= 0.3 is 0 Å². The molecule has 0 fully saturated rings. The fourth-order valence-electron chi connectivity index (χ4n) is 3.22. The van der Waals surface area contributed by atoms with Crippen LogP contribution in [-0.4, -0.2) is 23.1 Å². The summed E-state index contributed by atoms with van der Waals surface area (Å²) in [4.78, 5) is 29.0. The summed E-state index contributed by atoms with van der Waals surface area (Å²) in [5.74, 6) is -0.819. The van der Waals surface area contributed by atoms with Crippen molar-refractivity contribution in [1.29, 1.82) is 0 Å². The molecule has 0 saturated heterocycles. The Kier molecular flexibility index (Phi) is 4.39. The van der Waals surface area contributed by atoms with Crippen LogP contribution in [0, 0.1) is 5.82 Å². The number of carbonyl (C=O) groups is 2. The molecule has 3 aromatic rings. The number of thiophene rings is 1. The van der Waals surface area contributed by atoms with Crippen molar-refractivity contribution >= 4 is 23.0 Å². The molecule has 1 aliphatic heterocycles. The first-order valence-electron chi connectivity index (χ1n) is 8.37. The van der Waals surface area contributed by atoms with Gasteiger partial charge in [0.05, 0.1) is 5.56 Å². The van der Waals surface area contributed by atoms with Crippen LogP contribution in [0.15, 0.2) is 60.0 Å². The lowest BCUT2D eigenvalue weighted by molar-refractivity contribution is 0.0732. The predicted molar refractivity (Wildman–Crippen MR) is 99.0 cm³/mol. The molecule has 1 aromatic heterocycles. The molecule has 0 atom stereocenters. The van der Waals surface area contributed by atoms with Gasteiger partial charge in [-0.1, -0.05) is 18.2 Å². The molecule has 26 heavy (non-hydrogen) atoms. The van der Waals surface area contributed by atoms with Gasteiger partial charge in [0.2, 0.25) is 0 Å². The third-order valence-electron chi connectivity index (χ3n) is 4.60. The van der Waals surface area contributed by atoms with Crippen LogP contribution in [0.25, 0.3) is 0 Å². The van der Waals surface area contributed by atoms with Gasteiger partial charge in [-0.05, 0) is 53.8 Å². The number of carbonyl (C=O) groups excluding carboxylic acids is 2. The maximum absolute atomic E-state index is 13.1. The van der Waals surface area contributed by atoms with E-state index < -0.39 is 5.82 Å². The monoisotopic (exact) mass is 365 g/mol. The van der Waals surface area contributed by atoms with Crippen LogP contribution in [-0.2, 0) is 13.0 Å². The predicted octanol–water partition coefficient (Wildman–Crippen LogP) is 4.32. The second-order valence-electron chi connectivity index (χ2n) is 6.23. The van der Waals surface area contributed by atoms with Crippen LogP contribution in [0.4, 0.5) is 4.39 Å². The highest BCUT2D eigenvalue weighted by molar-refractivity contribution is 7.10. The summed E-state index contributed by atoms with van der Waals surface area (Å²) in [6.45, 7) is 1.21. The van der Waals surface area contributed by atoms with E-state index in [0.717, 1.165) is 6.42 Å². The molecular weight excluding hydrogens is 349 g/mol. The first kappa shape index (κ1) is 16.7. The third-order valence-corrected chi connectivity index (χ3v) is 5.63. The van der Waals surface area contributed by atoms with Gasteiger partial charge in [0, 0.05) is 29.1 Å². The molecule has 0 bridgehead atoms. The average molecular weight is 365 g/mol. The average Bonchev–Trinajstić information content (AvgIpc) is 3.15. The molecule has 1 aliphatic rings. The van der Waals surface area contributed by atoms with Crippen LogP contribution < -0.4 is 0 Å². The number of hydrogen-bond donors (Lipinski definition) is 0. The number of benzene rings is 2. The quantitative estimate of drug-likeness (QED) is 0.649. The van der Waals surface area contributed by atoms with Crippen LogP contribution in [0.2, 0.25) is 0 Å². The van der Waals surface area contributed by atoms with Gasteiger partial charge in [-0.25, -0.2) is 4.39 Å². The number of ketones is 1. The molecule has 0 N–H and O–H groups in total. The minimum Gasteiger partial charge on any atom is -0.334 e. The van der Waals surface area contributed by atoms with Gasteiger partial charge in [-0.2, -0.15) is 0 Å². The summed E-state index contributed by atoms with van der Waals surface area (Å²) >= 11 is 1.72. The van der Waals surface area contributed by atoms with Crippen LogP contribution in [0.3, 0.4) is 0 Å². The second kappa shape index (κ2) is 6.84. The standard InChI is InChI=1S/C21H16FNO2S/c22-16-7-5-14(6-8-16)20(24)17-3-1-2-4-18(17)21(25)23-11-9-19-15(13-23)10-12-26-19/h1-8,10,12H,9,11,13H2. The number of hydrogen-bond acceptors (Lipinski definition) is 3. The van der Waals surface area contributed by atoms with E-state index in [0.29, 0.717) is 29.8 Å². The summed E-state index contributed by atoms with van der Waals surface area (Å²) in [5, 5.41) is 2.05. The van der Waals surface area contributed by atoms with E-state index in [1.807, 2.05) is 5.38 Å². The highest BCUT2D eigenvalue weighted by Gasteiger charge is 2.26. The highest BCUT2D eigenvalue weighted by Crippen LogP contribution is 2.26. The second-order valence-corrected chi connectivity index (χ2v) is 7.23. The molecule has 0 spiro atoms. The summed E-state index contributed by atoms with van der Waals surface area (Å²) < 4.78 is 13.1. The fraction of sp³-hybridized carbons (Fsp3) is 0.143. The molecule has 0 aliphatic carbocycles. The lowest BCUT2D eigenvalue weighted by atomic mass is 9.97. The van der Waals surface area contributed by atoms with Crippen molar-refractivity contribution in [3.05, 3.63) is 92.9 Å². The molecule has 0 radical (unpaired) electrons. The molecule has 2 aromatic carbocycles. The lowest BCUT2D eigenvalue weighted by Crippen LogP contribution is -2.36. The zero-order valence-corrected chi connectivity index (χ0v) is 14.8. The largest absolute Gasteiger partial charge is 0.334 e. The van der Waals surface area contributed by atoms with Gasteiger partial charge in [0.25, 0.3) is 5.91 Å². The summed E-state index contributed by atoms with van der Waals surface area (Å²) in [6.07, 6.45) is 0.840. The van der Waals surface area contributed by atoms with Gasteiger partial charge in [0.1, 0.15) is 5.82 Å². The van der Waals surface area contributed by atoms with E-state index in [1.54, 1.807) is 40.5 Å². The molecule has 5 heteroatoms. The number of nitrogens with zero attached hydrogens (tertiary/aromatic N) is 1. The normalized spacial score (nSPS) is 13.3. The van der Waals surface area contributed by atoms with Crippen molar-refractivity contribution in [2.75, 3.05) is 6.54 Å². The third kappa shape index (κ3) is 3.06. The SMILES string of the molecule is O=C(c1ccc(F)cc1)c1ccccc1C(=O)N1CCc2sccc2C1. The minimum atomic E-state index is -0.397. The van der Waals surface area contributed by atoms with Crippen molar-refractivity contribution in [1.82, 2.24) is 4.90 Å². The Labute approximate surface area is 154 Å². The summed E-state index contributed by atoms with van der Waals surface area (Å²) in [6, 6.07) is 14.3. The number of rotatable bonds is 3. The van der Waals surface area contributed by atoms with Crippen molar-refractivity contribution in [2.24, 2.45) is 0 Å². The van der Waals surface area contributed by atoms with E-state index in [2.05, 4.69) is 6.07 Å². The van der Waals surface area contributed by atoms with Gasteiger partial charge in [-0.15, -0.1) is 11.3 Å². The Bertz CT molecular complexity index is 978. The fourth-order valence-corrected chi connectivity index (χ4v) is 4.11. The van der Waals surface area contributed by atoms with Crippen molar-refractivity contribution in [3.8, 4) is 0 Å². The zero-order chi connectivity index (χ0) is 18.1. The van der Waals surface area contributed by atoms with E-state index in [4.69, 9.17) is 0 Å². The molecule has 130 valence electrons. The Hall–Kier alpha value is -2.79. The maximum Gasteiger partial charge on any atom is 0.254 e. The van der Waals surface area contributed by atoms with Crippen LogP contribution in [0.5, 0.6) is 0 Å². The summed E-state index contributed by atoms with van der Waals surface area (Å²) in [5.41, 5.74) is 2.28. The van der Waals surface area contributed by atoms with E-state index >= 15 is 0 Å².